The summed E-state index contributed by atoms with van der Waals surface area (Å²) in [6.07, 6.45) is 0.888. The van der Waals surface area contributed by atoms with Crippen LogP contribution >= 0.6 is 34.7 Å². The minimum absolute atomic E-state index is 0.0498. The first-order chi connectivity index (χ1) is 10.5. The summed E-state index contributed by atoms with van der Waals surface area (Å²) in [6.45, 7) is 4.26. The van der Waals surface area contributed by atoms with Gasteiger partial charge in [0.05, 0.1) is 5.75 Å². The van der Waals surface area contributed by atoms with Crippen LogP contribution in [0.2, 0.25) is 5.02 Å². The molecule has 2 rings (SSSR count). The second kappa shape index (κ2) is 8.50. The third kappa shape index (κ3) is 5.94. The van der Waals surface area contributed by atoms with E-state index in [1.165, 1.54) is 11.3 Å². The first-order valence-corrected chi connectivity index (χ1v) is 9.32. The number of thioether (sulfide) groups is 1. The van der Waals surface area contributed by atoms with Crippen LogP contribution in [0.25, 0.3) is 0 Å². The molecule has 4 nitrogen and oxygen atoms in total. The average Bonchev–Trinajstić information content (AvgIpc) is 2.87. The zero-order valence-corrected chi connectivity index (χ0v) is 14.9. The number of benzene rings is 1. The lowest BCUT2D eigenvalue weighted by molar-refractivity contribution is -0.113. The van der Waals surface area contributed by atoms with Crippen LogP contribution in [0, 0.1) is 5.92 Å². The lowest BCUT2D eigenvalue weighted by Gasteiger charge is -2.02. The highest BCUT2D eigenvalue weighted by Crippen LogP contribution is 2.19. The molecule has 0 saturated heterocycles. The van der Waals surface area contributed by atoms with Crippen molar-refractivity contribution in [3.05, 3.63) is 39.9 Å². The fraction of sp³-hybridized carbons (Fsp3) is 0.400. The van der Waals surface area contributed by atoms with Gasteiger partial charge in [-0.1, -0.05) is 48.9 Å². The van der Waals surface area contributed by atoms with Gasteiger partial charge in [0.1, 0.15) is 5.01 Å². The van der Waals surface area contributed by atoms with Gasteiger partial charge >= 0.3 is 0 Å². The van der Waals surface area contributed by atoms with E-state index in [0.717, 1.165) is 27.8 Å². The van der Waals surface area contributed by atoms with Crippen LogP contribution in [-0.4, -0.2) is 21.9 Å². The topological polar surface area (TPSA) is 54.9 Å². The molecule has 118 valence electrons. The van der Waals surface area contributed by atoms with E-state index in [1.54, 1.807) is 11.8 Å². The van der Waals surface area contributed by atoms with Gasteiger partial charge in [-0.2, -0.15) is 0 Å². The van der Waals surface area contributed by atoms with Gasteiger partial charge in [-0.15, -0.1) is 22.0 Å². The van der Waals surface area contributed by atoms with E-state index in [2.05, 4.69) is 29.4 Å². The van der Waals surface area contributed by atoms with Crippen molar-refractivity contribution >= 4 is 45.7 Å². The number of aromatic nitrogens is 2. The van der Waals surface area contributed by atoms with Gasteiger partial charge in [-0.05, 0) is 23.6 Å². The van der Waals surface area contributed by atoms with Gasteiger partial charge in [-0.3, -0.25) is 10.1 Å². The molecule has 1 amide bonds. The Morgan fingerprint density at radius 2 is 2.05 bits per heavy atom. The maximum Gasteiger partial charge on any atom is 0.236 e. The fourth-order valence-corrected chi connectivity index (χ4v) is 3.62. The summed E-state index contributed by atoms with van der Waals surface area (Å²) >= 11 is 8.84. The number of nitrogens with one attached hydrogen (secondary N) is 1. The molecule has 0 fully saturated rings. The van der Waals surface area contributed by atoms with E-state index in [-0.39, 0.29) is 5.91 Å². The minimum atomic E-state index is -0.0498. The fourth-order valence-electron chi connectivity index (χ4n) is 1.73. The zero-order chi connectivity index (χ0) is 15.9. The van der Waals surface area contributed by atoms with Gasteiger partial charge in [0, 0.05) is 17.2 Å². The Balaban J connectivity index is 1.73. The number of anilines is 1. The Morgan fingerprint density at radius 3 is 2.73 bits per heavy atom. The van der Waals surface area contributed by atoms with E-state index in [1.807, 2.05) is 24.3 Å². The van der Waals surface area contributed by atoms with Gasteiger partial charge in [0.15, 0.2) is 0 Å². The summed E-state index contributed by atoms with van der Waals surface area (Å²) in [4.78, 5) is 11.9. The summed E-state index contributed by atoms with van der Waals surface area (Å²) in [5, 5.41) is 13.1. The standard InChI is InChI=1S/C15H18ClN3OS2/c1-10(2)7-14-18-19-15(22-14)17-13(20)9-21-8-11-3-5-12(16)6-4-11/h3-6,10H,7-9H2,1-2H3,(H,17,19,20). The smallest absolute Gasteiger partial charge is 0.236 e. The van der Waals surface area contributed by atoms with E-state index >= 15 is 0 Å². The van der Waals surface area contributed by atoms with Crippen molar-refractivity contribution in [2.24, 2.45) is 5.92 Å². The summed E-state index contributed by atoms with van der Waals surface area (Å²) in [5.74, 6) is 1.65. The first-order valence-electron chi connectivity index (χ1n) is 6.97. The van der Waals surface area contributed by atoms with Crippen molar-refractivity contribution in [1.29, 1.82) is 0 Å². The third-order valence-corrected chi connectivity index (χ3v) is 4.83. The van der Waals surface area contributed by atoms with Crippen LogP contribution in [0.4, 0.5) is 5.13 Å². The molecule has 7 heteroatoms. The Labute approximate surface area is 143 Å². The van der Waals surface area contributed by atoms with E-state index in [0.29, 0.717) is 16.8 Å². The highest BCUT2D eigenvalue weighted by Gasteiger charge is 2.09. The number of carbonyl (C=O) groups is 1. The van der Waals surface area contributed by atoms with Gasteiger partial charge < -0.3 is 0 Å². The largest absolute Gasteiger partial charge is 0.300 e. The lowest BCUT2D eigenvalue weighted by atomic mass is 10.1. The van der Waals surface area contributed by atoms with E-state index < -0.39 is 0 Å². The Hall–Kier alpha value is -1.11. The number of halogens is 1. The molecule has 0 spiro atoms. The van der Waals surface area contributed by atoms with Crippen LogP contribution in [0.5, 0.6) is 0 Å². The predicted octanol–water partition coefficient (Wildman–Crippen LogP) is 4.26. The molecule has 0 atom stereocenters. The number of nitrogens with zero attached hydrogens (tertiary/aromatic N) is 2. The maximum absolute atomic E-state index is 11.9. The molecular formula is C15H18ClN3OS2. The first kappa shape index (κ1) is 17.2. The minimum Gasteiger partial charge on any atom is -0.300 e. The van der Waals surface area contributed by atoms with Crippen molar-refractivity contribution in [3.63, 3.8) is 0 Å². The highest BCUT2D eigenvalue weighted by molar-refractivity contribution is 7.99. The van der Waals surface area contributed by atoms with E-state index in [9.17, 15) is 4.79 Å². The number of hydrogen-bond donors (Lipinski definition) is 1. The van der Waals surface area contributed by atoms with Gasteiger partial charge in [-0.25, -0.2) is 0 Å². The molecule has 0 aliphatic heterocycles. The summed E-state index contributed by atoms with van der Waals surface area (Å²) in [6, 6.07) is 7.65. The van der Waals surface area contributed by atoms with Crippen LogP contribution in [0.15, 0.2) is 24.3 Å². The molecule has 0 aliphatic rings. The van der Waals surface area contributed by atoms with Crippen molar-refractivity contribution in [1.82, 2.24) is 10.2 Å². The molecule has 0 unspecified atom stereocenters. The Bertz CT molecular complexity index is 614. The molecule has 1 heterocycles. The second-order valence-electron chi connectivity index (χ2n) is 5.27. The molecule has 0 aliphatic carbocycles. The van der Waals surface area contributed by atoms with Gasteiger partial charge in [0.2, 0.25) is 11.0 Å². The van der Waals surface area contributed by atoms with Crippen molar-refractivity contribution in [2.45, 2.75) is 26.0 Å². The predicted molar refractivity (Wildman–Crippen MR) is 94.7 cm³/mol. The van der Waals surface area contributed by atoms with Crippen molar-refractivity contribution in [2.75, 3.05) is 11.1 Å². The molecule has 2 aromatic rings. The summed E-state index contributed by atoms with van der Waals surface area (Å²) < 4.78 is 0. The lowest BCUT2D eigenvalue weighted by Crippen LogP contribution is -2.13. The van der Waals surface area contributed by atoms with Crippen molar-refractivity contribution in [3.8, 4) is 0 Å². The molecular weight excluding hydrogens is 338 g/mol. The molecule has 1 aromatic carbocycles. The van der Waals surface area contributed by atoms with Gasteiger partial charge in [0.25, 0.3) is 0 Å². The van der Waals surface area contributed by atoms with Crippen LogP contribution in [0.1, 0.15) is 24.4 Å². The number of amides is 1. The molecule has 0 radical (unpaired) electrons. The summed E-state index contributed by atoms with van der Waals surface area (Å²) in [5.41, 5.74) is 1.15. The van der Waals surface area contributed by atoms with Crippen LogP contribution in [-0.2, 0) is 17.0 Å². The number of carbonyl (C=O) groups excluding carboxylic acids is 1. The normalized spacial score (nSPS) is 10.9. The Morgan fingerprint density at radius 1 is 1.32 bits per heavy atom. The maximum atomic E-state index is 11.9. The second-order valence-corrected chi connectivity index (χ2v) is 7.75. The van der Waals surface area contributed by atoms with E-state index in [4.69, 9.17) is 11.6 Å². The van der Waals surface area contributed by atoms with Crippen LogP contribution < -0.4 is 5.32 Å². The monoisotopic (exact) mass is 355 g/mol. The molecule has 0 bridgehead atoms. The highest BCUT2D eigenvalue weighted by atomic mass is 35.5. The molecule has 22 heavy (non-hydrogen) atoms. The van der Waals surface area contributed by atoms with Crippen LogP contribution in [0.3, 0.4) is 0 Å². The quantitative estimate of drug-likeness (QED) is 0.806. The SMILES string of the molecule is CC(C)Cc1nnc(NC(=O)CSCc2ccc(Cl)cc2)s1. The number of hydrogen-bond acceptors (Lipinski definition) is 5. The Kier molecular flexibility index (Phi) is 6.67. The summed E-state index contributed by atoms with van der Waals surface area (Å²) in [7, 11) is 0. The molecule has 1 N–H and O–H groups in total. The third-order valence-electron chi connectivity index (χ3n) is 2.71. The molecule has 0 saturated carbocycles. The zero-order valence-electron chi connectivity index (χ0n) is 12.5. The van der Waals surface area contributed by atoms with Crippen molar-refractivity contribution < 1.29 is 4.79 Å². The average molecular weight is 356 g/mol. The number of rotatable bonds is 7. The molecule has 1 aromatic heterocycles.